The molecule has 0 aliphatic heterocycles. The monoisotopic (exact) mass is 436 g/mol. The highest BCUT2D eigenvalue weighted by molar-refractivity contribution is 7.14. The van der Waals surface area contributed by atoms with Crippen LogP contribution in [-0.2, 0) is 11.2 Å². The molecule has 0 aliphatic rings. The van der Waals surface area contributed by atoms with Crippen LogP contribution < -0.4 is 5.32 Å². The number of benzene rings is 1. The number of aromatic nitrogens is 3. The Morgan fingerprint density at radius 3 is 2.86 bits per heavy atom. The van der Waals surface area contributed by atoms with Crippen molar-refractivity contribution in [2.45, 2.75) is 13.3 Å². The highest BCUT2D eigenvalue weighted by Crippen LogP contribution is 2.34. The third kappa shape index (κ3) is 3.62. The van der Waals surface area contributed by atoms with Gasteiger partial charge in [0, 0.05) is 43.9 Å². The fourth-order valence-corrected chi connectivity index (χ4v) is 5.54. The Morgan fingerprint density at radius 1 is 1.10 bits per heavy atom. The van der Waals surface area contributed by atoms with Crippen molar-refractivity contribution in [3.8, 4) is 21.8 Å². The number of carbonyl (C=O) groups excluding carboxylic acids is 1. The largest absolute Gasteiger partial charge is 0.358 e. The molecular formula is C21H16N4OS3. The Morgan fingerprint density at radius 2 is 2.00 bits per heavy atom. The van der Waals surface area contributed by atoms with Gasteiger partial charge in [0.25, 0.3) is 0 Å². The van der Waals surface area contributed by atoms with E-state index >= 15 is 0 Å². The molecule has 0 saturated carbocycles. The summed E-state index contributed by atoms with van der Waals surface area (Å²) in [4.78, 5) is 25.1. The van der Waals surface area contributed by atoms with E-state index in [1.165, 1.54) is 11.3 Å². The van der Waals surface area contributed by atoms with Crippen LogP contribution >= 0.6 is 34.0 Å². The molecule has 0 spiro atoms. The van der Waals surface area contributed by atoms with Gasteiger partial charge < -0.3 is 10.3 Å². The molecule has 4 aromatic heterocycles. The summed E-state index contributed by atoms with van der Waals surface area (Å²) < 4.78 is 0. The fourth-order valence-electron chi connectivity index (χ4n) is 3.29. The molecule has 8 heteroatoms. The quantitative estimate of drug-likeness (QED) is 0.357. The molecule has 0 bridgehead atoms. The summed E-state index contributed by atoms with van der Waals surface area (Å²) in [5.41, 5.74) is 5.98. The highest BCUT2D eigenvalue weighted by atomic mass is 32.1. The van der Waals surface area contributed by atoms with Crippen LogP contribution in [0.5, 0.6) is 0 Å². The number of thiophene rings is 1. The summed E-state index contributed by atoms with van der Waals surface area (Å²) in [6.45, 7) is 2.04. The SMILES string of the molecule is Cc1[nH]c2ccccc2c1-c1csc(NC(=O)Cc2csc(-c3ccsc3)n2)n1. The van der Waals surface area contributed by atoms with Crippen molar-refractivity contribution in [1.82, 2.24) is 15.0 Å². The number of hydrogen-bond acceptors (Lipinski definition) is 6. The Kier molecular flexibility index (Phi) is 4.75. The van der Waals surface area contributed by atoms with Gasteiger partial charge in [-0.2, -0.15) is 11.3 Å². The predicted molar refractivity (Wildman–Crippen MR) is 122 cm³/mol. The summed E-state index contributed by atoms with van der Waals surface area (Å²) in [5.74, 6) is -0.108. The zero-order valence-corrected chi connectivity index (χ0v) is 17.9. The van der Waals surface area contributed by atoms with Gasteiger partial charge in [-0.3, -0.25) is 4.79 Å². The number of thiazole rings is 2. The lowest BCUT2D eigenvalue weighted by Crippen LogP contribution is -2.14. The number of rotatable bonds is 5. The molecule has 2 N–H and O–H groups in total. The number of H-pyrrole nitrogens is 1. The van der Waals surface area contributed by atoms with Crippen LogP contribution in [0.2, 0.25) is 0 Å². The van der Waals surface area contributed by atoms with Gasteiger partial charge in [-0.1, -0.05) is 18.2 Å². The van der Waals surface area contributed by atoms with E-state index in [9.17, 15) is 4.79 Å². The zero-order chi connectivity index (χ0) is 19.8. The minimum atomic E-state index is -0.108. The van der Waals surface area contributed by atoms with Crippen LogP contribution in [-0.4, -0.2) is 20.9 Å². The lowest BCUT2D eigenvalue weighted by molar-refractivity contribution is -0.115. The Hall–Kier alpha value is -2.81. The average molecular weight is 437 g/mol. The maximum absolute atomic E-state index is 12.5. The minimum absolute atomic E-state index is 0.108. The van der Waals surface area contributed by atoms with Crippen molar-refractivity contribution in [3.63, 3.8) is 0 Å². The molecule has 5 aromatic rings. The summed E-state index contributed by atoms with van der Waals surface area (Å²) >= 11 is 4.63. The minimum Gasteiger partial charge on any atom is -0.358 e. The third-order valence-electron chi connectivity index (χ3n) is 4.56. The predicted octanol–water partition coefficient (Wildman–Crippen LogP) is 5.97. The first kappa shape index (κ1) is 18.2. The van der Waals surface area contributed by atoms with Crippen LogP contribution in [0.1, 0.15) is 11.4 Å². The normalized spacial score (nSPS) is 11.2. The molecule has 0 fully saturated rings. The molecule has 5 nitrogen and oxygen atoms in total. The van der Waals surface area contributed by atoms with Crippen molar-refractivity contribution in [1.29, 1.82) is 0 Å². The Labute approximate surface area is 179 Å². The number of hydrogen-bond donors (Lipinski definition) is 2. The van der Waals surface area contributed by atoms with Crippen LogP contribution in [0.3, 0.4) is 0 Å². The second-order valence-electron chi connectivity index (χ2n) is 6.59. The van der Waals surface area contributed by atoms with Crippen LogP contribution in [0.25, 0.3) is 32.7 Å². The number of nitrogens with zero attached hydrogens (tertiary/aromatic N) is 2. The van der Waals surface area contributed by atoms with Crippen LogP contribution in [0, 0.1) is 6.92 Å². The fraction of sp³-hybridized carbons (Fsp3) is 0.0952. The molecule has 29 heavy (non-hydrogen) atoms. The van der Waals surface area contributed by atoms with Crippen molar-refractivity contribution in [3.05, 3.63) is 63.2 Å². The standard InChI is InChI=1S/C21H16N4OS3/c1-12-19(15-4-2-3-5-16(15)22-12)17-11-29-21(24-17)25-18(26)8-14-10-28-20(23-14)13-6-7-27-9-13/h2-7,9-11,22H,8H2,1H3,(H,24,25,26). The maximum Gasteiger partial charge on any atom is 0.232 e. The van der Waals surface area contributed by atoms with Crippen molar-refractivity contribution < 1.29 is 4.79 Å². The molecule has 0 radical (unpaired) electrons. The number of aromatic amines is 1. The topological polar surface area (TPSA) is 70.7 Å². The van der Waals surface area contributed by atoms with Crippen LogP contribution in [0.4, 0.5) is 5.13 Å². The zero-order valence-electron chi connectivity index (χ0n) is 15.4. The van der Waals surface area contributed by atoms with Gasteiger partial charge in [-0.15, -0.1) is 22.7 Å². The first-order valence-corrected chi connectivity index (χ1v) is 11.7. The first-order valence-electron chi connectivity index (χ1n) is 8.97. The summed E-state index contributed by atoms with van der Waals surface area (Å²) in [7, 11) is 0. The molecule has 144 valence electrons. The van der Waals surface area contributed by atoms with Crippen LogP contribution in [0.15, 0.2) is 51.9 Å². The molecule has 1 aromatic carbocycles. The Balaban J connectivity index is 1.31. The second-order valence-corrected chi connectivity index (χ2v) is 9.09. The lowest BCUT2D eigenvalue weighted by atomic mass is 10.1. The molecule has 0 unspecified atom stereocenters. The van der Waals surface area contributed by atoms with E-state index in [0.29, 0.717) is 5.13 Å². The number of para-hydroxylation sites is 1. The summed E-state index contributed by atoms with van der Waals surface area (Å²) in [6.07, 6.45) is 0.238. The summed E-state index contributed by atoms with van der Waals surface area (Å²) in [6, 6.07) is 10.2. The Bertz CT molecular complexity index is 1300. The number of aryl methyl sites for hydroxylation is 1. The van der Waals surface area contributed by atoms with Gasteiger partial charge in [-0.25, -0.2) is 9.97 Å². The maximum atomic E-state index is 12.5. The number of fused-ring (bicyclic) bond motifs is 1. The van der Waals surface area contributed by atoms with E-state index in [1.807, 2.05) is 41.3 Å². The molecule has 5 rings (SSSR count). The van der Waals surface area contributed by atoms with Gasteiger partial charge in [0.2, 0.25) is 5.91 Å². The molecular weight excluding hydrogens is 420 g/mol. The number of carbonyl (C=O) groups is 1. The van der Waals surface area contributed by atoms with Crippen molar-refractivity contribution in [2.75, 3.05) is 5.32 Å². The van der Waals surface area contributed by atoms with E-state index in [0.717, 1.165) is 44.1 Å². The van der Waals surface area contributed by atoms with Crippen molar-refractivity contribution in [2.24, 2.45) is 0 Å². The van der Waals surface area contributed by atoms with Gasteiger partial charge >= 0.3 is 0 Å². The molecule has 4 heterocycles. The van der Waals surface area contributed by atoms with Crippen molar-refractivity contribution >= 4 is 56.0 Å². The second kappa shape index (κ2) is 7.55. The van der Waals surface area contributed by atoms with Gasteiger partial charge in [0.05, 0.1) is 17.8 Å². The number of nitrogens with one attached hydrogen (secondary N) is 2. The lowest BCUT2D eigenvalue weighted by Gasteiger charge is -2.00. The van der Waals surface area contributed by atoms with E-state index in [-0.39, 0.29) is 12.3 Å². The molecule has 0 aliphatic carbocycles. The van der Waals surface area contributed by atoms with E-state index in [1.54, 1.807) is 22.7 Å². The number of amides is 1. The van der Waals surface area contributed by atoms with Gasteiger partial charge in [-0.05, 0) is 24.4 Å². The van der Waals surface area contributed by atoms with E-state index in [4.69, 9.17) is 0 Å². The molecule has 0 saturated heterocycles. The summed E-state index contributed by atoms with van der Waals surface area (Å²) in [5, 5.41) is 13.6. The van der Waals surface area contributed by atoms with E-state index < -0.39 is 0 Å². The highest BCUT2D eigenvalue weighted by Gasteiger charge is 2.15. The molecule has 0 atom stereocenters. The van der Waals surface area contributed by atoms with Gasteiger partial charge in [0.15, 0.2) is 5.13 Å². The average Bonchev–Trinajstić information content (AvgIpc) is 3.47. The van der Waals surface area contributed by atoms with E-state index in [2.05, 4.69) is 37.8 Å². The first-order chi connectivity index (χ1) is 14.2. The third-order valence-corrected chi connectivity index (χ3v) is 6.94. The number of anilines is 1. The molecule has 1 amide bonds. The van der Waals surface area contributed by atoms with Gasteiger partial charge in [0.1, 0.15) is 5.01 Å². The smallest absolute Gasteiger partial charge is 0.232 e.